The quantitative estimate of drug-likeness (QED) is 0.818. The summed E-state index contributed by atoms with van der Waals surface area (Å²) < 4.78 is 5.97. The van der Waals surface area contributed by atoms with Crippen molar-refractivity contribution in [3.63, 3.8) is 0 Å². The van der Waals surface area contributed by atoms with Crippen molar-refractivity contribution < 1.29 is 4.74 Å². The molecule has 1 aromatic rings. The van der Waals surface area contributed by atoms with Gasteiger partial charge in [-0.15, -0.1) is 0 Å². The molecule has 94 valence electrons. The minimum atomic E-state index is 0.0382. The molecule has 2 N–H and O–H groups in total. The molecule has 0 bridgehead atoms. The van der Waals surface area contributed by atoms with Crippen LogP contribution >= 0.6 is 0 Å². The molecule has 0 amide bonds. The topological polar surface area (TPSA) is 35.2 Å². The van der Waals surface area contributed by atoms with Gasteiger partial charge in [0, 0.05) is 12.6 Å². The number of hydrogen-bond donors (Lipinski definition) is 1. The third-order valence-corrected chi connectivity index (χ3v) is 3.65. The lowest BCUT2D eigenvalue weighted by atomic mass is 9.83. The van der Waals surface area contributed by atoms with Gasteiger partial charge >= 0.3 is 0 Å². The Labute approximate surface area is 104 Å². The maximum atomic E-state index is 6.01. The van der Waals surface area contributed by atoms with Gasteiger partial charge in [0.05, 0.1) is 6.10 Å². The summed E-state index contributed by atoms with van der Waals surface area (Å²) in [6, 6.07) is 10.3. The molecule has 0 radical (unpaired) electrons. The van der Waals surface area contributed by atoms with Crippen LogP contribution in [0.15, 0.2) is 30.3 Å². The summed E-state index contributed by atoms with van der Waals surface area (Å²) in [5.41, 5.74) is 7.20. The van der Waals surface area contributed by atoms with Crippen LogP contribution in [-0.4, -0.2) is 12.6 Å². The van der Waals surface area contributed by atoms with E-state index in [-0.39, 0.29) is 12.1 Å². The molecule has 0 saturated heterocycles. The van der Waals surface area contributed by atoms with Gasteiger partial charge < -0.3 is 10.5 Å². The Morgan fingerprint density at radius 3 is 2.53 bits per heavy atom. The molecule has 0 aliphatic heterocycles. The van der Waals surface area contributed by atoms with Crippen LogP contribution in [0.2, 0.25) is 0 Å². The zero-order chi connectivity index (χ0) is 12.1. The Morgan fingerprint density at radius 1 is 1.29 bits per heavy atom. The van der Waals surface area contributed by atoms with Crippen LogP contribution in [0.25, 0.3) is 0 Å². The molecule has 1 aliphatic rings. The molecule has 1 aromatic carbocycles. The summed E-state index contributed by atoms with van der Waals surface area (Å²) >= 11 is 0. The Kier molecular flexibility index (Phi) is 4.57. The predicted octanol–water partition coefficient (Wildman–Crippen LogP) is 3.28. The SMILES string of the molecule is CC(N)C(OCCC1CCC1)c1ccccc1. The lowest BCUT2D eigenvalue weighted by molar-refractivity contribution is 0.0245. The van der Waals surface area contributed by atoms with E-state index in [2.05, 4.69) is 12.1 Å². The second-order valence-corrected chi connectivity index (χ2v) is 5.15. The first-order valence-corrected chi connectivity index (χ1v) is 6.69. The van der Waals surface area contributed by atoms with Crippen molar-refractivity contribution in [1.29, 1.82) is 0 Å². The highest BCUT2D eigenvalue weighted by molar-refractivity contribution is 5.18. The summed E-state index contributed by atoms with van der Waals surface area (Å²) in [5, 5.41) is 0. The summed E-state index contributed by atoms with van der Waals surface area (Å²) in [6.45, 7) is 2.85. The highest BCUT2D eigenvalue weighted by atomic mass is 16.5. The third kappa shape index (κ3) is 3.55. The van der Waals surface area contributed by atoms with Crippen molar-refractivity contribution in [3.05, 3.63) is 35.9 Å². The van der Waals surface area contributed by atoms with Crippen LogP contribution in [0.4, 0.5) is 0 Å². The van der Waals surface area contributed by atoms with Gasteiger partial charge in [-0.25, -0.2) is 0 Å². The Bertz CT molecular complexity index is 319. The fourth-order valence-electron chi connectivity index (χ4n) is 2.34. The van der Waals surface area contributed by atoms with Gasteiger partial charge in [0.15, 0.2) is 0 Å². The molecule has 0 aromatic heterocycles. The average Bonchev–Trinajstić information content (AvgIpc) is 2.27. The van der Waals surface area contributed by atoms with E-state index in [4.69, 9.17) is 10.5 Å². The van der Waals surface area contributed by atoms with Gasteiger partial charge in [-0.1, -0.05) is 49.6 Å². The van der Waals surface area contributed by atoms with Crippen LogP contribution in [0.1, 0.15) is 44.3 Å². The van der Waals surface area contributed by atoms with E-state index in [1.807, 2.05) is 25.1 Å². The normalized spacial score (nSPS) is 19.6. The van der Waals surface area contributed by atoms with Crippen molar-refractivity contribution in [2.24, 2.45) is 11.7 Å². The lowest BCUT2D eigenvalue weighted by Crippen LogP contribution is -2.28. The van der Waals surface area contributed by atoms with Crippen LogP contribution < -0.4 is 5.73 Å². The maximum absolute atomic E-state index is 6.01. The van der Waals surface area contributed by atoms with Crippen LogP contribution in [-0.2, 0) is 4.74 Å². The smallest absolute Gasteiger partial charge is 0.0972 e. The van der Waals surface area contributed by atoms with Crippen molar-refractivity contribution in [3.8, 4) is 0 Å². The minimum Gasteiger partial charge on any atom is -0.372 e. The molecule has 17 heavy (non-hydrogen) atoms. The van der Waals surface area contributed by atoms with E-state index in [0.29, 0.717) is 0 Å². The van der Waals surface area contributed by atoms with Crippen LogP contribution in [0.5, 0.6) is 0 Å². The molecule has 1 fully saturated rings. The number of rotatable bonds is 6. The number of benzene rings is 1. The molecular weight excluding hydrogens is 210 g/mol. The first kappa shape index (κ1) is 12.6. The summed E-state index contributed by atoms with van der Waals surface area (Å²) in [4.78, 5) is 0. The van der Waals surface area contributed by atoms with E-state index in [0.717, 1.165) is 12.5 Å². The summed E-state index contributed by atoms with van der Waals surface area (Å²) in [7, 11) is 0. The molecule has 2 nitrogen and oxygen atoms in total. The molecule has 0 spiro atoms. The van der Waals surface area contributed by atoms with E-state index < -0.39 is 0 Å². The van der Waals surface area contributed by atoms with Crippen molar-refractivity contribution in [1.82, 2.24) is 0 Å². The third-order valence-electron chi connectivity index (χ3n) is 3.65. The van der Waals surface area contributed by atoms with Gasteiger partial charge in [0.1, 0.15) is 0 Å². The first-order valence-electron chi connectivity index (χ1n) is 6.69. The molecule has 0 heterocycles. The summed E-state index contributed by atoms with van der Waals surface area (Å²) in [5.74, 6) is 0.902. The zero-order valence-electron chi connectivity index (χ0n) is 10.6. The molecule has 2 rings (SSSR count). The molecule has 1 aliphatic carbocycles. The Balaban J connectivity index is 1.84. The molecular formula is C15H23NO. The number of nitrogens with two attached hydrogens (primary N) is 1. The van der Waals surface area contributed by atoms with E-state index in [9.17, 15) is 0 Å². The fourth-order valence-corrected chi connectivity index (χ4v) is 2.34. The van der Waals surface area contributed by atoms with Crippen LogP contribution in [0.3, 0.4) is 0 Å². The van der Waals surface area contributed by atoms with Gasteiger partial charge in [0.25, 0.3) is 0 Å². The van der Waals surface area contributed by atoms with Gasteiger partial charge in [-0.2, -0.15) is 0 Å². The van der Waals surface area contributed by atoms with E-state index >= 15 is 0 Å². The van der Waals surface area contributed by atoms with E-state index in [1.165, 1.54) is 31.2 Å². The molecule has 2 atom stereocenters. The van der Waals surface area contributed by atoms with Gasteiger partial charge in [-0.05, 0) is 24.8 Å². The van der Waals surface area contributed by atoms with Crippen molar-refractivity contribution in [2.75, 3.05) is 6.61 Å². The maximum Gasteiger partial charge on any atom is 0.0972 e. The monoisotopic (exact) mass is 233 g/mol. The van der Waals surface area contributed by atoms with Crippen LogP contribution in [0, 0.1) is 5.92 Å². The average molecular weight is 233 g/mol. The largest absolute Gasteiger partial charge is 0.372 e. The molecule has 2 heteroatoms. The van der Waals surface area contributed by atoms with Gasteiger partial charge in [0.2, 0.25) is 0 Å². The zero-order valence-corrected chi connectivity index (χ0v) is 10.6. The Hall–Kier alpha value is -0.860. The standard InChI is InChI=1S/C15H23NO/c1-12(16)15(14-8-3-2-4-9-14)17-11-10-13-6-5-7-13/h2-4,8-9,12-13,15H,5-7,10-11,16H2,1H3. The molecule has 1 saturated carbocycles. The number of hydrogen-bond acceptors (Lipinski definition) is 2. The minimum absolute atomic E-state index is 0.0382. The number of ether oxygens (including phenoxy) is 1. The van der Waals surface area contributed by atoms with Crippen molar-refractivity contribution in [2.45, 2.75) is 44.8 Å². The second-order valence-electron chi connectivity index (χ2n) is 5.15. The van der Waals surface area contributed by atoms with E-state index in [1.54, 1.807) is 0 Å². The molecule has 2 unspecified atom stereocenters. The summed E-state index contributed by atoms with van der Waals surface area (Å²) in [6.07, 6.45) is 5.40. The first-order chi connectivity index (χ1) is 8.27. The Morgan fingerprint density at radius 2 is 2.00 bits per heavy atom. The highest BCUT2D eigenvalue weighted by Gasteiger charge is 2.20. The lowest BCUT2D eigenvalue weighted by Gasteiger charge is -2.27. The second kappa shape index (κ2) is 6.18. The fraction of sp³-hybridized carbons (Fsp3) is 0.600. The van der Waals surface area contributed by atoms with Gasteiger partial charge in [-0.3, -0.25) is 0 Å². The van der Waals surface area contributed by atoms with Crippen molar-refractivity contribution >= 4 is 0 Å². The highest BCUT2D eigenvalue weighted by Crippen LogP contribution is 2.30. The predicted molar refractivity (Wildman–Crippen MR) is 70.7 cm³/mol.